The van der Waals surface area contributed by atoms with Crippen LogP contribution in [0.15, 0.2) is 0 Å². The number of nitrogens with zero attached hydrogens (tertiary/aromatic N) is 2. The molecule has 0 spiro atoms. The van der Waals surface area contributed by atoms with Gasteiger partial charge in [0.15, 0.2) is 6.29 Å². The third-order valence-corrected chi connectivity index (χ3v) is 3.12. The molecule has 0 aromatic heterocycles. The zero-order valence-electron chi connectivity index (χ0n) is 7.94. The van der Waals surface area contributed by atoms with Crippen LogP contribution >= 0.6 is 7.75 Å². The van der Waals surface area contributed by atoms with E-state index in [4.69, 9.17) is 25.4 Å². The van der Waals surface area contributed by atoms with Crippen molar-refractivity contribution >= 4 is 13.7 Å². The molecule has 0 amide bonds. The van der Waals surface area contributed by atoms with Crippen LogP contribution in [0.1, 0.15) is 6.42 Å². The lowest BCUT2D eigenvalue weighted by Gasteiger charge is -2.22. The van der Waals surface area contributed by atoms with Crippen molar-refractivity contribution in [2.45, 2.75) is 12.7 Å². The Morgan fingerprint density at radius 1 is 1.40 bits per heavy atom. The van der Waals surface area contributed by atoms with E-state index in [2.05, 4.69) is 0 Å². The topological polar surface area (TPSA) is 128 Å². The van der Waals surface area contributed by atoms with Gasteiger partial charge in [0.25, 0.3) is 0 Å². The van der Waals surface area contributed by atoms with E-state index in [9.17, 15) is 4.57 Å². The smallest absolute Gasteiger partial charge is 0.368 e. The van der Waals surface area contributed by atoms with Gasteiger partial charge in [-0.3, -0.25) is 5.41 Å². The molecule has 0 aromatic rings. The van der Waals surface area contributed by atoms with Crippen LogP contribution in [0.5, 0.6) is 0 Å². The number of aliphatic hydroxyl groups is 2. The van der Waals surface area contributed by atoms with Crippen molar-refractivity contribution in [1.29, 1.82) is 5.41 Å². The molecule has 8 nitrogen and oxygen atoms in total. The summed E-state index contributed by atoms with van der Waals surface area (Å²) in [6, 6.07) is 0. The normalized spacial score (nSPS) is 18.1. The monoisotopic (exact) mass is 239 g/mol. The van der Waals surface area contributed by atoms with Crippen molar-refractivity contribution in [2.75, 3.05) is 19.6 Å². The Labute approximate surface area is 86.5 Å². The van der Waals surface area contributed by atoms with Gasteiger partial charge in [-0.05, 0) is 0 Å². The molecular formula is C6H14N3O5P. The molecule has 88 valence electrons. The zero-order valence-corrected chi connectivity index (χ0v) is 8.84. The van der Waals surface area contributed by atoms with Crippen LogP contribution in [0.3, 0.4) is 0 Å². The van der Waals surface area contributed by atoms with Crippen molar-refractivity contribution in [3.05, 3.63) is 0 Å². The van der Waals surface area contributed by atoms with Crippen molar-refractivity contribution < 1.29 is 24.6 Å². The van der Waals surface area contributed by atoms with Gasteiger partial charge in [-0.25, -0.2) is 9.24 Å². The van der Waals surface area contributed by atoms with Crippen molar-refractivity contribution in [1.82, 2.24) is 9.57 Å². The lowest BCUT2D eigenvalue weighted by Crippen LogP contribution is -2.32. The fourth-order valence-electron chi connectivity index (χ4n) is 1.33. The average molecular weight is 239 g/mol. The van der Waals surface area contributed by atoms with Gasteiger partial charge in [-0.15, -0.1) is 0 Å². The van der Waals surface area contributed by atoms with E-state index in [0.29, 0.717) is 11.2 Å². The highest BCUT2D eigenvalue weighted by Crippen LogP contribution is 2.42. The summed E-state index contributed by atoms with van der Waals surface area (Å²) < 4.78 is 11.6. The van der Waals surface area contributed by atoms with Crippen LogP contribution in [0.25, 0.3) is 0 Å². The Hall–Kier alpha value is -0.660. The van der Waals surface area contributed by atoms with Gasteiger partial charge in [0.05, 0.1) is 0 Å². The number of hydrogen-bond donors (Lipinski definition) is 5. The van der Waals surface area contributed by atoms with E-state index in [1.54, 1.807) is 0 Å². The van der Waals surface area contributed by atoms with Gasteiger partial charge in [0.1, 0.15) is 0 Å². The second-order valence-electron chi connectivity index (χ2n) is 3.22. The first-order valence-corrected chi connectivity index (χ1v) is 5.92. The zero-order chi connectivity index (χ0) is 11.6. The van der Waals surface area contributed by atoms with Gasteiger partial charge in [-0.2, -0.15) is 0 Å². The maximum atomic E-state index is 10.9. The predicted molar refractivity (Wildman–Crippen MR) is 50.9 cm³/mol. The lowest BCUT2D eigenvalue weighted by molar-refractivity contribution is -0.0473. The Bertz CT molecular complexity index is 290. The van der Waals surface area contributed by atoms with Crippen LogP contribution in [-0.4, -0.2) is 61.5 Å². The van der Waals surface area contributed by atoms with E-state index in [1.165, 1.54) is 4.90 Å². The molecule has 9 heteroatoms. The number of nitrogens with one attached hydrogen (secondary N) is 1. The molecule has 5 N–H and O–H groups in total. The first kappa shape index (κ1) is 12.4. The third kappa shape index (κ3) is 3.15. The molecule has 0 aliphatic carbocycles. The van der Waals surface area contributed by atoms with Gasteiger partial charge < -0.3 is 24.9 Å². The highest BCUT2D eigenvalue weighted by Gasteiger charge is 2.36. The molecule has 1 saturated heterocycles. The molecular weight excluding hydrogens is 225 g/mol. The fraction of sp³-hybridized carbons (Fsp3) is 0.833. The predicted octanol–water partition coefficient (Wildman–Crippen LogP) is -1.67. The molecule has 0 bridgehead atoms. The Kier molecular flexibility index (Phi) is 3.69. The molecule has 0 saturated carbocycles. The summed E-state index contributed by atoms with van der Waals surface area (Å²) in [5.41, 5.74) is 0. The molecule has 0 atom stereocenters. The molecule has 15 heavy (non-hydrogen) atoms. The largest absolute Gasteiger partial charge is 0.432 e. The van der Waals surface area contributed by atoms with E-state index >= 15 is 0 Å². The molecule has 1 aliphatic heterocycles. The molecule has 0 radical (unpaired) electrons. The number of guanidine groups is 1. The number of aliphatic hydroxyl groups excluding tert-OH is 1. The summed E-state index contributed by atoms with van der Waals surface area (Å²) in [7, 11) is -4.41. The first-order chi connectivity index (χ1) is 6.82. The van der Waals surface area contributed by atoms with E-state index in [0.717, 1.165) is 0 Å². The van der Waals surface area contributed by atoms with Crippen LogP contribution < -0.4 is 0 Å². The van der Waals surface area contributed by atoms with Crippen LogP contribution in [0, 0.1) is 5.41 Å². The quantitative estimate of drug-likeness (QED) is 0.293. The Morgan fingerprint density at radius 2 is 2.00 bits per heavy atom. The summed E-state index contributed by atoms with van der Waals surface area (Å²) in [6.45, 7) is 0.564. The van der Waals surface area contributed by atoms with E-state index in [1.807, 2.05) is 0 Å². The summed E-state index contributed by atoms with van der Waals surface area (Å²) >= 11 is 0. The van der Waals surface area contributed by atoms with Crippen molar-refractivity contribution in [3.8, 4) is 0 Å². The Morgan fingerprint density at radius 3 is 2.40 bits per heavy atom. The second-order valence-corrected chi connectivity index (χ2v) is 4.73. The maximum absolute atomic E-state index is 10.9. The van der Waals surface area contributed by atoms with Crippen molar-refractivity contribution in [3.63, 3.8) is 0 Å². The van der Waals surface area contributed by atoms with Crippen LogP contribution in [0.2, 0.25) is 0 Å². The van der Waals surface area contributed by atoms with Gasteiger partial charge in [0.2, 0.25) is 5.96 Å². The lowest BCUT2D eigenvalue weighted by atomic mass is 10.4. The summed E-state index contributed by atoms with van der Waals surface area (Å²) in [6.07, 6.45) is -1.43. The standard InChI is InChI=1S/C6H14N3O5P/c7-6-8(2-1-5(10)11)3-4-9(6)15(12,13)14/h5,7,10-11H,1-4H2,(H2,12,13,14). The highest BCUT2D eigenvalue weighted by atomic mass is 31.2. The van der Waals surface area contributed by atoms with Crippen molar-refractivity contribution in [2.24, 2.45) is 0 Å². The van der Waals surface area contributed by atoms with Gasteiger partial charge >= 0.3 is 7.75 Å². The minimum atomic E-state index is -4.41. The van der Waals surface area contributed by atoms with Crippen LogP contribution in [0.4, 0.5) is 0 Å². The molecule has 0 aromatic carbocycles. The minimum absolute atomic E-state index is 0.0391. The number of rotatable bonds is 4. The molecule has 1 rings (SSSR count). The minimum Gasteiger partial charge on any atom is -0.368 e. The van der Waals surface area contributed by atoms with Gasteiger partial charge in [0, 0.05) is 26.1 Å². The fourth-order valence-corrected chi connectivity index (χ4v) is 2.06. The third-order valence-electron chi connectivity index (χ3n) is 2.10. The molecule has 1 fully saturated rings. The average Bonchev–Trinajstić information content (AvgIpc) is 2.42. The summed E-state index contributed by atoms with van der Waals surface area (Å²) in [4.78, 5) is 19.1. The highest BCUT2D eigenvalue weighted by molar-refractivity contribution is 7.50. The molecule has 1 heterocycles. The second kappa shape index (κ2) is 4.46. The maximum Gasteiger partial charge on any atom is 0.432 e. The molecule has 0 unspecified atom stereocenters. The summed E-state index contributed by atoms with van der Waals surface area (Å²) in [5.74, 6) is -0.274. The first-order valence-electron chi connectivity index (χ1n) is 4.35. The van der Waals surface area contributed by atoms with E-state index in [-0.39, 0.29) is 25.5 Å². The van der Waals surface area contributed by atoms with E-state index < -0.39 is 14.0 Å². The van der Waals surface area contributed by atoms with Gasteiger partial charge in [-0.1, -0.05) is 0 Å². The SMILES string of the molecule is N=C1N(CCC(O)O)CCN1P(=O)(O)O. The Balaban J connectivity index is 2.53. The molecule has 1 aliphatic rings. The van der Waals surface area contributed by atoms with Crippen LogP contribution in [-0.2, 0) is 4.57 Å². The number of hydrogen-bond acceptors (Lipinski definition) is 4. The summed E-state index contributed by atoms with van der Waals surface area (Å²) in [5, 5.41) is 24.7.